The molecule has 140 valence electrons. The highest BCUT2D eigenvalue weighted by Gasteiger charge is 2.17. The van der Waals surface area contributed by atoms with Crippen molar-refractivity contribution in [2.75, 3.05) is 5.32 Å². The summed E-state index contributed by atoms with van der Waals surface area (Å²) in [5, 5.41) is 4.79. The average molecular weight is 393 g/mol. The lowest BCUT2D eigenvalue weighted by molar-refractivity contribution is 0.0997. The van der Waals surface area contributed by atoms with E-state index < -0.39 is 5.91 Å². The van der Waals surface area contributed by atoms with E-state index in [2.05, 4.69) is 5.32 Å². The summed E-state index contributed by atoms with van der Waals surface area (Å²) in [7, 11) is 0. The zero-order valence-electron chi connectivity index (χ0n) is 14.7. The summed E-state index contributed by atoms with van der Waals surface area (Å²) in [6, 6.07) is 16.5. The Bertz CT molecular complexity index is 1180. The van der Waals surface area contributed by atoms with E-state index in [9.17, 15) is 14.0 Å². The first-order chi connectivity index (χ1) is 13.5. The van der Waals surface area contributed by atoms with Crippen molar-refractivity contribution in [2.45, 2.75) is 6.54 Å². The molecule has 0 saturated heterocycles. The molecule has 0 aliphatic rings. The van der Waals surface area contributed by atoms with Gasteiger partial charge < -0.3 is 15.6 Å². The van der Waals surface area contributed by atoms with Crippen molar-refractivity contribution in [1.29, 1.82) is 0 Å². The summed E-state index contributed by atoms with van der Waals surface area (Å²) in [5.41, 5.74) is 8.32. The summed E-state index contributed by atoms with van der Waals surface area (Å²) in [6.45, 7) is 0.376. The third-order valence-corrected chi connectivity index (χ3v) is 5.27. The van der Waals surface area contributed by atoms with Crippen LogP contribution in [0.2, 0.25) is 0 Å². The lowest BCUT2D eigenvalue weighted by Crippen LogP contribution is -2.18. The minimum absolute atomic E-state index is 0.286. The van der Waals surface area contributed by atoms with E-state index in [4.69, 9.17) is 5.73 Å². The van der Waals surface area contributed by atoms with Gasteiger partial charge in [0.1, 0.15) is 11.5 Å². The second-order valence-corrected chi connectivity index (χ2v) is 7.26. The first-order valence-electron chi connectivity index (χ1n) is 8.53. The number of thiophene rings is 1. The molecule has 0 bridgehead atoms. The maximum absolute atomic E-state index is 13.6. The van der Waals surface area contributed by atoms with E-state index in [1.807, 2.05) is 28.1 Å². The van der Waals surface area contributed by atoms with Crippen LogP contribution in [0.3, 0.4) is 0 Å². The van der Waals surface area contributed by atoms with Crippen molar-refractivity contribution in [3.63, 3.8) is 0 Å². The third kappa shape index (κ3) is 3.52. The van der Waals surface area contributed by atoms with Gasteiger partial charge in [-0.15, -0.1) is 11.3 Å². The second-order valence-electron chi connectivity index (χ2n) is 6.31. The van der Waals surface area contributed by atoms with Gasteiger partial charge in [0.2, 0.25) is 5.91 Å². The van der Waals surface area contributed by atoms with Crippen LogP contribution in [0.25, 0.3) is 10.2 Å². The quantitative estimate of drug-likeness (QED) is 0.532. The van der Waals surface area contributed by atoms with Crippen LogP contribution >= 0.6 is 11.3 Å². The number of carbonyl (C=O) groups is 2. The zero-order chi connectivity index (χ0) is 19.7. The predicted molar refractivity (Wildman–Crippen MR) is 108 cm³/mol. The molecule has 4 rings (SSSR count). The number of rotatable bonds is 5. The van der Waals surface area contributed by atoms with Crippen LogP contribution in [0.15, 0.2) is 66.0 Å². The van der Waals surface area contributed by atoms with Crippen LogP contribution in [0.1, 0.15) is 26.4 Å². The van der Waals surface area contributed by atoms with Crippen LogP contribution in [0, 0.1) is 5.82 Å². The van der Waals surface area contributed by atoms with E-state index >= 15 is 0 Å². The number of nitrogens with zero attached hydrogens (tertiary/aromatic N) is 1. The van der Waals surface area contributed by atoms with Gasteiger partial charge in [-0.3, -0.25) is 9.59 Å². The Morgan fingerprint density at radius 1 is 1.07 bits per heavy atom. The van der Waals surface area contributed by atoms with E-state index in [0.29, 0.717) is 23.5 Å². The van der Waals surface area contributed by atoms with E-state index in [-0.39, 0.29) is 11.7 Å². The highest BCUT2D eigenvalue weighted by molar-refractivity contribution is 7.17. The smallest absolute Gasteiger partial charge is 0.272 e. The largest absolute Gasteiger partial charge is 0.366 e. The maximum Gasteiger partial charge on any atom is 0.272 e. The number of hydrogen-bond donors (Lipinski definition) is 2. The van der Waals surface area contributed by atoms with Crippen molar-refractivity contribution >= 4 is 39.1 Å². The molecular formula is C21H16FN3O2S. The highest BCUT2D eigenvalue weighted by Crippen LogP contribution is 2.27. The number of hydrogen-bond acceptors (Lipinski definition) is 3. The van der Waals surface area contributed by atoms with Crippen molar-refractivity contribution < 1.29 is 14.0 Å². The molecule has 2 heterocycles. The molecule has 7 heteroatoms. The second kappa shape index (κ2) is 7.28. The summed E-state index contributed by atoms with van der Waals surface area (Å²) in [6.07, 6.45) is 0. The molecule has 0 atom stereocenters. The Balaban J connectivity index is 1.65. The molecule has 0 aliphatic heterocycles. The zero-order valence-corrected chi connectivity index (χ0v) is 15.5. The first-order valence-corrected chi connectivity index (χ1v) is 9.41. The van der Waals surface area contributed by atoms with E-state index in [0.717, 1.165) is 15.8 Å². The molecule has 2 aromatic heterocycles. The Hall–Kier alpha value is -3.45. The van der Waals surface area contributed by atoms with Gasteiger partial charge in [-0.25, -0.2) is 4.39 Å². The van der Waals surface area contributed by atoms with Gasteiger partial charge in [0, 0.05) is 17.8 Å². The molecule has 0 spiro atoms. The van der Waals surface area contributed by atoms with Crippen molar-refractivity contribution in [3.05, 3.63) is 88.7 Å². The average Bonchev–Trinajstić information content (AvgIpc) is 3.25. The Labute approximate surface area is 164 Å². The number of fused-ring (bicyclic) bond motifs is 1. The van der Waals surface area contributed by atoms with Gasteiger partial charge in [0.05, 0.1) is 10.2 Å². The molecule has 0 saturated carbocycles. The number of nitrogens with two attached hydrogens (primary N) is 1. The monoisotopic (exact) mass is 393 g/mol. The molecule has 0 aliphatic carbocycles. The third-order valence-electron chi connectivity index (χ3n) is 4.41. The topological polar surface area (TPSA) is 77.1 Å². The van der Waals surface area contributed by atoms with Crippen molar-refractivity contribution in [3.8, 4) is 0 Å². The van der Waals surface area contributed by atoms with Gasteiger partial charge in [-0.1, -0.05) is 12.1 Å². The highest BCUT2D eigenvalue weighted by atomic mass is 32.1. The van der Waals surface area contributed by atoms with E-state index in [1.54, 1.807) is 30.3 Å². The van der Waals surface area contributed by atoms with Crippen LogP contribution in [0.4, 0.5) is 10.1 Å². The number of halogens is 1. The predicted octanol–water partition coefficient (Wildman–Crippen LogP) is 4.24. The van der Waals surface area contributed by atoms with Crippen LogP contribution in [-0.2, 0) is 6.54 Å². The maximum atomic E-state index is 13.6. The molecule has 2 amide bonds. The molecule has 28 heavy (non-hydrogen) atoms. The molecule has 0 fully saturated rings. The van der Waals surface area contributed by atoms with Crippen LogP contribution in [0.5, 0.6) is 0 Å². The van der Waals surface area contributed by atoms with Crippen molar-refractivity contribution in [1.82, 2.24) is 4.57 Å². The number of carbonyl (C=O) groups excluding carboxylic acids is 2. The number of benzene rings is 2. The molecule has 0 radical (unpaired) electrons. The number of anilines is 1. The molecule has 0 unspecified atom stereocenters. The number of nitrogens with one attached hydrogen (secondary N) is 1. The molecule has 5 nitrogen and oxygen atoms in total. The summed E-state index contributed by atoms with van der Waals surface area (Å²) in [4.78, 5) is 24.1. The lowest BCUT2D eigenvalue weighted by Gasteiger charge is -2.11. The van der Waals surface area contributed by atoms with Crippen molar-refractivity contribution in [2.24, 2.45) is 5.73 Å². The summed E-state index contributed by atoms with van der Waals surface area (Å²) < 4.78 is 16.4. The van der Waals surface area contributed by atoms with Gasteiger partial charge >= 0.3 is 0 Å². The number of primary amides is 1. The SMILES string of the molecule is NC(=O)c1ccc(NC(=O)c2cc3sccc3n2Cc2cccc(F)c2)cc1. The molecular weight excluding hydrogens is 377 g/mol. The fourth-order valence-corrected chi connectivity index (χ4v) is 3.89. The van der Waals surface area contributed by atoms with Crippen LogP contribution < -0.4 is 11.1 Å². The number of amides is 2. The minimum Gasteiger partial charge on any atom is -0.366 e. The normalized spacial score (nSPS) is 10.9. The summed E-state index contributed by atoms with van der Waals surface area (Å²) >= 11 is 1.54. The fourth-order valence-electron chi connectivity index (χ4n) is 3.07. The van der Waals surface area contributed by atoms with Crippen LogP contribution in [-0.4, -0.2) is 16.4 Å². The molecule has 4 aromatic rings. The van der Waals surface area contributed by atoms with Gasteiger partial charge in [0.15, 0.2) is 0 Å². The molecule has 2 aromatic carbocycles. The Kier molecular flexibility index (Phi) is 4.67. The van der Waals surface area contributed by atoms with Gasteiger partial charge in [0.25, 0.3) is 5.91 Å². The standard InChI is InChI=1S/C21H16FN3O2S/c22-15-3-1-2-13(10-15)12-25-17-8-9-28-19(17)11-18(25)21(27)24-16-6-4-14(5-7-16)20(23)26/h1-11H,12H2,(H2,23,26)(H,24,27). The lowest BCUT2D eigenvalue weighted by atomic mass is 10.2. The van der Waals surface area contributed by atoms with Gasteiger partial charge in [-0.2, -0.15) is 0 Å². The molecule has 3 N–H and O–H groups in total. The Morgan fingerprint density at radius 2 is 1.86 bits per heavy atom. The Morgan fingerprint density at radius 3 is 2.57 bits per heavy atom. The first kappa shape index (κ1) is 17.9. The minimum atomic E-state index is -0.526. The summed E-state index contributed by atoms with van der Waals surface area (Å²) in [5.74, 6) is -1.12. The number of aromatic nitrogens is 1. The fraction of sp³-hybridized carbons (Fsp3) is 0.0476. The van der Waals surface area contributed by atoms with Gasteiger partial charge in [-0.05, 0) is 59.5 Å². The van der Waals surface area contributed by atoms with E-state index in [1.165, 1.54) is 23.5 Å².